The van der Waals surface area contributed by atoms with Crippen LogP contribution < -0.4 is 0 Å². The van der Waals surface area contributed by atoms with E-state index < -0.39 is 0 Å². The summed E-state index contributed by atoms with van der Waals surface area (Å²) >= 11 is 0. The first-order valence-corrected chi connectivity index (χ1v) is 7.75. The molecule has 0 radical (unpaired) electrons. The first kappa shape index (κ1) is 11.3. The molecule has 1 spiro atoms. The van der Waals surface area contributed by atoms with Gasteiger partial charge in [0.25, 0.3) is 0 Å². The molecule has 0 bridgehead atoms. The molecule has 1 saturated heterocycles. The van der Waals surface area contributed by atoms with Gasteiger partial charge in [0.1, 0.15) is 11.4 Å². The molecule has 2 saturated carbocycles. The van der Waals surface area contributed by atoms with Gasteiger partial charge in [-0.25, -0.2) is 0 Å². The Bertz CT molecular complexity index is 643. The van der Waals surface area contributed by atoms with E-state index in [4.69, 9.17) is 4.74 Å². The summed E-state index contributed by atoms with van der Waals surface area (Å²) < 4.78 is 6.30. The van der Waals surface area contributed by atoms with Crippen LogP contribution in [0.15, 0.2) is 30.3 Å². The van der Waals surface area contributed by atoms with Crippen LogP contribution in [0.25, 0.3) is 6.08 Å². The Balaban J connectivity index is 1.74. The van der Waals surface area contributed by atoms with Crippen LogP contribution >= 0.6 is 0 Å². The molecule has 1 aromatic rings. The van der Waals surface area contributed by atoms with Gasteiger partial charge < -0.3 is 4.74 Å². The Kier molecular flexibility index (Phi) is 1.93. The van der Waals surface area contributed by atoms with Crippen LogP contribution in [0.4, 0.5) is 0 Å². The van der Waals surface area contributed by atoms with E-state index in [1.807, 2.05) is 0 Å². The molecule has 4 aliphatic rings. The monoisotopic (exact) mass is 266 g/mol. The van der Waals surface area contributed by atoms with Crippen LogP contribution in [0.3, 0.4) is 0 Å². The molecule has 102 valence electrons. The molecule has 3 aliphatic carbocycles. The topological polar surface area (TPSA) is 26.3 Å². The highest BCUT2D eigenvalue weighted by Crippen LogP contribution is 2.70. The van der Waals surface area contributed by atoms with Gasteiger partial charge in [-0.05, 0) is 42.7 Å². The number of fused-ring (bicyclic) bond motifs is 1. The lowest BCUT2D eigenvalue weighted by molar-refractivity contribution is -0.194. The smallest absolute Gasteiger partial charge is 0.149 e. The molecule has 0 unspecified atom stereocenters. The van der Waals surface area contributed by atoms with E-state index in [9.17, 15) is 4.79 Å². The van der Waals surface area contributed by atoms with Crippen LogP contribution in [-0.2, 0) is 15.1 Å². The first-order valence-electron chi connectivity index (χ1n) is 7.75. The Morgan fingerprint density at radius 1 is 1.20 bits per heavy atom. The summed E-state index contributed by atoms with van der Waals surface area (Å²) in [5.74, 6) is 1.27. The molecule has 1 aromatic carbocycles. The van der Waals surface area contributed by atoms with Crippen LogP contribution in [-0.4, -0.2) is 12.4 Å². The van der Waals surface area contributed by atoms with E-state index in [0.717, 1.165) is 32.3 Å². The summed E-state index contributed by atoms with van der Waals surface area (Å²) in [5, 5.41) is 0. The number of hydrogen-bond acceptors (Lipinski definition) is 2. The van der Waals surface area contributed by atoms with Gasteiger partial charge in [0.05, 0.1) is 5.41 Å². The first-order chi connectivity index (χ1) is 9.78. The largest absolute Gasteiger partial charge is 0.369 e. The van der Waals surface area contributed by atoms with Gasteiger partial charge in [-0.1, -0.05) is 36.4 Å². The number of benzene rings is 1. The third-order valence-corrected chi connectivity index (χ3v) is 5.90. The molecule has 20 heavy (non-hydrogen) atoms. The van der Waals surface area contributed by atoms with Crippen molar-refractivity contribution in [2.45, 2.75) is 31.3 Å². The van der Waals surface area contributed by atoms with Gasteiger partial charge in [-0.3, -0.25) is 4.79 Å². The maximum absolute atomic E-state index is 13.0. The van der Waals surface area contributed by atoms with Crippen molar-refractivity contribution in [2.24, 2.45) is 17.3 Å². The maximum Gasteiger partial charge on any atom is 0.149 e. The molecule has 5 rings (SSSR count). The Hall–Kier alpha value is -1.41. The van der Waals surface area contributed by atoms with Crippen LogP contribution in [0, 0.1) is 17.3 Å². The average Bonchev–Trinajstić information content (AvgIpc) is 3.25. The molecular formula is C18H18O2. The van der Waals surface area contributed by atoms with Crippen molar-refractivity contribution in [1.82, 2.24) is 0 Å². The Morgan fingerprint density at radius 2 is 2.05 bits per heavy atom. The fourth-order valence-electron chi connectivity index (χ4n) is 4.85. The van der Waals surface area contributed by atoms with Gasteiger partial charge in [0.2, 0.25) is 0 Å². The molecule has 0 aromatic heterocycles. The minimum Gasteiger partial charge on any atom is -0.369 e. The Morgan fingerprint density at radius 3 is 2.85 bits per heavy atom. The zero-order valence-corrected chi connectivity index (χ0v) is 11.5. The van der Waals surface area contributed by atoms with Crippen molar-refractivity contribution in [3.8, 4) is 0 Å². The number of carbonyl (C=O) groups is 1. The summed E-state index contributed by atoms with van der Waals surface area (Å²) in [5.41, 5.74) is 1.80. The molecular weight excluding hydrogens is 248 g/mol. The minimum atomic E-state index is -0.357. The second-order valence-corrected chi connectivity index (χ2v) is 6.80. The number of rotatable bonds is 2. The van der Waals surface area contributed by atoms with E-state index in [2.05, 4.69) is 36.4 Å². The zero-order chi connectivity index (χ0) is 13.4. The molecule has 0 N–H and O–H groups in total. The normalized spacial score (nSPS) is 40.5. The number of Topliss-reactive ketones (excluding diaryl/α,β-unsaturated/α-hetero) is 1. The fraction of sp³-hybridized carbons (Fsp3) is 0.500. The second-order valence-electron chi connectivity index (χ2n) is 6.80. The van der Waals surface area contributed by atoms with Crippen molar-refractivity contribution in [3.05, 3.63) is 41.5 Å². The average molecular weight is 266 g/mol. The molecule has 1 heterocycles. The highest BCUT2D eigenvalue weighted by molar-refractivity contribution is 5.95. The maximum atomic E-state index is 13.0. The number of carbonyl (C=O) groups excluding carboxylic acids is 1. The SMILES string of the molecule is O=C(C1CC1)[C@]12C=Cc3ccccc3[C@]13OCC[C@@H]3C2. The van der Waals surface area contributed by atoms with Gasteiger partial charge in [-0.15, -0.1) is 0 Å². The third kappa shape index (κ3) is 1.06. The fourth-order valence-corrected chi connectivity index (χ4v) is 4.85. The van der Waals surface area contributed by atoms with Crippen LogP contribution in [0.2, 0.25) is 0 Å². The summed E-state index contributed by atoms with van der Waals surface area (Å²) in [7, 11) is 0. The second kappa shape index (κ2) is 3.43. The summed E-state index contributed by atoms with van der Waals surface area (Å²) in [6.45, 7) is 0.798. The summed E-state index contributed by atoms with van der Waals surface area (Å²) in [4.78, 5) is 13.0. The third-order valence-electron chi connectivity index (χ3n) is 5.90. The summed E-state index contributed by atoms with van der Waals surface area (Å²) in [6, 6.07) is 8.46. The minimum absolute atomic E-state index is 0.298. The molecule has 2 heteroatoms. The lowest BCUT2D eigenvalue weighted by atomic mass is 9.44. The molecule has 3 fully saturated rings. The predicted molar refractivity (Wildman–Crippen MR) is 76.0 cm³/mol. The van der Waals surface area contributed by atoms with Gasteiger partial charge >= 0.3 is 0 Å². The van der Waals surface area contributed by atoms with Crippen molar-refractivity contribution >= 4 is 11.9 Å². The van der Waals surface area contributed by atoms with Crippen molar-refractivity contribution < 1.29 is 9.53 Å². The highest BCUT2D eigenvalue weighted by atomic mass is 16.5. The van der Waals surface area contributed by atoms with Gasteiger partial charge in [0, 0.05) is 12.5 Å². The molecule has 2 nitrogen and oxygen atoms in total. The van der Waals surface area contributed by atoms with E-state index in [-0.39, 0.29) is 11.0 Å². The number of ketones is 1. The summed E-state index contributed by atoms with van der Waals surface area (Å²) in [6.07, 6.45) is 8.58. The predicted octanol–water partition coefficient (Wildman–Crippen LogP) is 3.31. The van der Waals surface area contributed by atoms with Gasteiger partial charge in [-0.2, -0.15) is 0 Å². The zero-order valence-electron chi connectivity index (χ0n) is 11.5. The lowest BCUT2D eigenvalue weighted by Crippen LogP contribution is -2.64. The van der Waals surface area contributed by atoms with Gasteiger partial charge in [0.15, 0.2) is 0 Å². The molecule has 0 amide bonds. The Labute approximate surface area is 118 Å². The van der Waals surface area contributed by atoms with Crippen LogP contribution in [0.1, 0.15) is 36.8 Å². The standard InChI is InChI=1S/C18H18O2/c19-16(13-5-6-13)17-9-7-12-3-1-2-4-15(12)18(17)14(11-17)8-10-20-18/h1-4,7,9,13-14H,5-6,8,10-11H2/t14-,17-,18+/m1/s1. The van der Waals surface area contributed by atoms with Crippen molar-refractivity contribution in [1.29, 1.82) is 0 Å². The van der Waals surface area contributed by atoms with Crippen LogP contribution in [0.5, 0.6) is 0 Å². The van der Waals surface area contributed by atoms with E-state index >= 15 is 0 Å². The van der Waals surface area contributed by atoms with E-state index in [1.165, 1.54) is 11.1 Å². The quantitative estimate of drug-likeness (QED) is 0.821. The number of hydrogen-bond donors (Lipinski definition) is 0. The van der Waals surface area contributed by atoms with Crippen molar-refractivity contribution in [2.75, 3.05) is 6.61 Å². The molecule has 3 atom stereocenters. The lowest BCUT2D eigenvalue weighted by Gasteiger charge is -2.60. The van der Waals surface area contributed by atoms with Crippen molar-refractivity contribution in [3.63, 3.8) is 0 Å². The highest BCUT2D eigenvalue weighted by Gasteiger charge is 2.73. The van der Waals surface area contributed by atoms with E-state index in [1.54, 1.807) is 0 Å². The van der Waals surface area contributed by atoms with E-state index in [0.29, 0.717) is 17.6 Å². The molecule has 1 aliphatic heterocycles. The number of ether oxygens (including phenoxy) is 1.